The molecular weight excluding hydrogens is 340 g/mol. The Bertz CT molecular complexity index is 784. The second-order valence-corrected chi connectivity index (χ2v) is 6.42. The number of H-pyrrole nitrogens is 1. The molecule has 1 aromatic heterocycles. The highest BCUT2D eigenvalue weighted by Gasteiger charge is 2.40. The van der Waals surface area contributed by atoms with Gasteiger partial charge in [0.2, 0.25) is 11.8 Å². The Morgan fingerprint density at radius 1 is 1.23 bits per heavy atom. The van der Waals surface area contributed by atoms with Crippen LogP contribution in [-0.2, 0) is 14.3 Å². The van der Waals surface area contributed by atoms with E-state index in [0.717, 1.165) is 0 Å². The summed E-state index contributed by atoms with van der Waals surface area (Å²) in [5.41, 5.74) is 1.76. The van der Waals surface area contributed by atoms with Crippen molar-refractivity contribution in [2.45, 2.75) is 26.8 Å². The zero-order valence-corrected chi connectivity index (χ0v) is 15.0. The van der Waals surface area contributed by atoms with Crippen molar-refractivity contribution in [1.82, 2.24) is 20.1 Å². The van der Waals surface area contributed by atoms with Crippen molar-refractivity contribution in [2.24, 2.45) is 0 Å². The van der Waals surface area contributed by atoms with Crippen LogP contribution >= 0.6 is 0 Å². The summed E-state index contributed by atoms with van der Waals surface area (Å²) < 4.78 is 5.01. The van der Waals surface area contributed by atoms with Gasteiger partial charge in [0.05, 0.1) is 25.3 Å². The van der Waals surface area contributed by atoms with E-state index >= 15 is 0 Å². The van der Waals surface area contributed by atoms with Gasteiger partial charge in [-0.3, -0.25) is 14.4 Å². The molecule has 0 saturated carbocycles. The lowest BCUT2D eigenvalue weighted by atomic mass is 10.0. The van der Waals surface area contributed by atoms with E-state index in [1.165, 1.54) is 4.90 Å². The number of hydrogen-bond acceptors (Lipinski definition) is 5. The van der Waals surface area contributed by atoms with Crippen molar-refractivity contribution in [1.29, 1.82) is 0 Å². The number of aryl methyl sites for hydroxylation is 1. The standard InChI is InChI=1S/C17H22N4O5/c1-4-26-17(25)14-9(2)13(10(3)19-14)16(24)20-5-6-21-11(8-20)15(23)18-7-12(21)22/h11,19H,4-8H2,1-3H3,(H,18,23). The molecule has 2 aliphatic heterocycles. The number of carbonyl (C=O) groups is 4. The largest absolute Gasteiger partial charge is 0.461 e. The van der Waals surface area contributed by atoms with Crippen molar-refractivity contribution in [3.05, 3.63) is 22.5 Å². The number of piperazine rings is 2. The van der Waals surface area contributed by atoms with E-state index in [1.54, 1.807) is 25.7 Å². The minimum atomic E-state index is -0.668. The third-order valence-electron chi connectivity index (χ3n) is 4.84. The molecular formula is C17H22N4O5. The third kappa shape index (κ3) is 2.93. The number of ether oxygens (including phenoxy) is 1. The second-order valence-electron chi connectivity index (χ2n) is 6.42. The Morgan fingerprint density at radius 3 is 2.65 bits per heavy atom. The maximum atomic E-state index is 13.0. The van der Waals surface area contributed by atoms with Crippen LogP contribution in [0, 0.1) is 13.8 Å². The van der Waals surface area contributed by atoms with Crippen LogP contribution in [0.1, 0.15) is 39.0 Å². The summed E-state index contributed by atoms with van der Waals surface area (Å²) in [5.74, 6) is -1.16. The minimum Gasteiger partial charge on any atom is -0.461 e. The maximum absolute atomic E-state index is 13.0. The number of carbonyl (C=O) groups excluding carboxylic acids is 4. The molecule has 2 N–H and O–H groups in total. The summed E-state index contributed by atoms with van der Waals surface area (Å²) in [6.45, 7) is 6.16. The van der Waals surface area contributed by atoms with Crippen LogP contribution in [-0.4, -0.2) is 77.3 Å². The SMILES string of the molecule is CCOC(=O)c1[nH]c(C)c(C(=O)N2CCN3C(=O)CNC(=O)C3C2)c1C. The molecule has 0 spiro atoms. The van der Waals surface area contributed by atoms with Gasteiger partial charge in [0.1, 0.15) is 11.7 Å². The van der Waals surface area contributed by atoms with Crippen LogP contribution in [0.25, 0.3) is 0 Å². The lowest BCUT2D eigenvalue weighted by molar-refractivity contribution is -0.148. The van der Waals surface area contributed by atoms with Gasteiger partial charge < -0.3 is 24.8 Å². The highest BCUT2D eigenvalue weighted by atomic mass is 16.5. The Balaban J connectivity index is 1.83. The van der Waals surface area contributed by atoms with Crippen molar-refractivity contribution in [2.75, 3.05) is 32.8 Å². The van der Waals surface area contributed by atoms with Gasteiger partial charge in [-0.1, -0.05) is 0 Å². The fraction of sp³-hybridized carbons (Fsp3) is 0.529. The number of nitrogens with one attached hydrogen (secondary N) is 2. The molecule has 3 heterocycles. The number of fused-ring (bicyclic) bond motifs is 1. The summed E-state index contributed by atoms with van der Waals surface area (Å²) in [5, 5.41) is 2.55. The number of esters is 1. The average molecular weight is 362 g/mol. The predicted molar refractivity (Wildman–Crippen MR) is 90.6 cm³/mol. The Labute approximate surface area is 150 Å². The summed E-state index contributed by atoms with van der Waals surface area (Å²) in [7, 11) is 0. The summed E-state index contributed by atoms with van der Waals surface area (Å²) in [6.07, 6.45) is 0. The van der Waals surface area contributed by atoms with E-state index in [2.05, 4.69) is 10.3 Å². The zero-order chi connectivity index (χ0) is 19.0. The van der Waals surface area contributed by atoms with Gasteiger partial charge in [-0.15, -0.1) is 0 Å². The molecule has 1 unspecified atom stereocenters. The third-order valence-corrected chi connectivity index (χ3v) is 4.84. The molecule has 2 fully saturated rings. The van der Waals surface area contributed by atoms with Crippen LogP contribution in [0.3, 0.4) is 0 Å². The van der Waals surface area contributed by atoms with Crippen LogP contribution in [0.4, 0.5) is 0 Å². The zero-order valence-electron chi connectivity index (χ0n) is 15.0. The Hall–Kier alpha value is -2.84. The number of amides is 3. The van der Waals surface area contributed by atoms with Gasteiger partial charge in [-0.05, 0) is 26.3 Å². The molecule has 9 nitrogen and oxygen atoms in total. The second kappa shape index (κ2) is 6.81. The van der Waals surface area contributed by atoms with Gasteiger partial charge >= 0.3 is 5.97 Å². The van der Waals surface area contributed by atoms with Gasteiger partial charge in [0.15, 0.2) is 0 Å². The quantitative estimate of drug-likeness (QED) is 0.710. The first-order valence-electron chi connectivity index (χ1n) is 8.57. The molecule has 0 bridgehead atoms. The molecule has 1 aromatic rings. The Kier molecular flexibility index (Phi) is 4.71. The molecule has 1 atom stereocenters. The van der Waals surface area contributed by atoms with Crippen LogP contribution in [0.15, 0.2) is 0 Å². The van der Waals surface area contributed by atoms with Crippen LogP contribution < -0.4 is 5.32 Å². The minimum absolute atomic E-state index is 0.00219. The van der Waals surface area contributed by atoms with E-state index in [0.29, 0.717) is 29.9 Å². The number of aromatic nitrogens is 1. The van der Waals surface area contributed by atoms with Gasteiger partial charge in [-0.25, -0.2) is 4.79 Å². The molecule has 26 heavy (non-hydrogen) atoms. The number of hydrogen-bond donors (Lipinski definition) is 2. The smallest absolute Gasteiger partial charge is 0.355 e. The molecule has 2 saturated heterocycles. The molecule has 0 radical (unpaired) electrons. The van der Waals surface area contributed by atoms with Gasteiger partial charge in [-0.2, -0.15) is 0 Å². The van der Waals surface area contributed by atoms with E-state index < -0.39 is 12.0 Å². The van der Waals surface area contributed by atoms with E-state index in [1.807, 2.05) is 0 Å². The fourth-order valence-electron chi connectivity index (χ4n) is 3.51. The van der Waals surface area contributed by atoms with Crippen molar-refractivity contribution in [3.63, 3.8) is 0 Å². The van der Waals surface area contributed by atoms with Crippen LogP contribution in [0.2, 0.25) is 0 Å². The highest BCUT2D eigenvalue weighted by molar-refractivity contribution is 6.02. The number of aromatic amines is 1. The first kappa shape index (κ1) is 18.0. The maximum Gasteiger partial charge on any atom is 0.355 e. The van der Waals surface area contributed by atoms with E-state index in [9.17, 15) is 19.2 Å². The molecule has 3 rings (SSSR count). The van der Waals surface area contributed by atoms with E-state index in [4.69, 9.17) is 4.74 Å². The van der Waals surface area contributed by atoms with Crippen molar-refractivity contribution >= 4 is 23.7 Å². The lowest BCUT2D eigenvalue weighted by Gasteiger charge is -2.42. The normalized spacial score (nSPS) is 19.9. The molecule has 3 amide bonds. The van der Waals surface area contributed by atoms with Gasteiger partial charge in [0, 0.05) is 18.8 Å². The first-order chi connectivity index (χ1) is 12.3. The van der Waals surface area contributed by atoms with Crippen LogP contribution in [0.5, 0.6) is 0 Å². The lowest BCUT2D eigenvalue weighted by Crippen LogP contribution is -2.66. The average Bonchev–Trinajstić information content (AvgIpc) is 2.92. The van der Waals surface area contributed by atoms with Crippen molar-refractivity contribution in [3.8, 4) is 0 Å². The Morgan fingerprint density at radius 2 is 1.96 bits per heavy atom. The molecule has 0 aliphatic carbocycles. The predicted octanol–water partition coefficient (Wildman–Crippen LogP) is -0.409. The summed E-state index contributed by atoms with van der Waals surface area (Å²) in [4.78, 5) is 55.0. The van der Waals surface area contributed by atoms with Gasteiger partial charge in [0.25, 0.3) is 5.91 Å². The molecule has 140 valence electrons. The summed E-state index contributed by atoms with van der Waals surface area (Å²) in [6, 6.07) is -0.668. The molecule has 2 aliphatic rings. The topological polar surface area (TPSA) is 112 Å². The monoisotopic (exact) mass is 362 g/mol. The molecule has 0 aromatic carbocycles. The molecule has 9 heteroatoms. The van der Waals surface area contributed by atoms with Crippen molar-refractivity contribution < 1.29 is 23.9 Å². The number of rotatable bonds is 3. The van der Waals surface area contributed by atoms with E-state index in [-0.39, 0.29) is 43.1 Å². The fourth-order valence-corrected chi connectivity index (χ4v) is 3.51. The first-order valence-corrected chi connectivity index (χ1v) is 8.57. The number of nitrogens with zero attached hydrogens (tertiary/aromatic N) is 2. The summed E-state index contributed by atoms with van der Waals surface area (Å²) >= 11 is 0. The highest BCUT2D eigenvalue weighted by Crippen LogP contribution is 2.23.